The number of rotatable bonds is 4. The molecule has 0 amide bonds. The van der Waals surface area contributed by atoms with Crippen LogP contribution in [0.1, 0.15) is 27.7 Å². The van der Waals surface area contributed by atoms with Gasteiger partial charge in [0.1, 0.15) is 0 Å². The number of alkyl halides is 1. The Labute approximate surface area is 129 Å². The molecule has 0 aliphatic carbocycles. The molecule has 0 aromatic carbocycles. The van der Waals surface area contributed by atoms with Gasteiger partial charge in [0.05, 0.1) is 17.8 Å². The minimum atomic E-state index is -0.191. The largest absolute Gasteiger partial charge is 0.487 e. The molecule has 1 atom stereocenters. The van der Waals surface area contributed by atoms with Gasteiger partial charge in [0.15, 0.2) is 11.6 Å². The summed E-state index contributed by atoms with van der Waals surface area (Å²) in [6, 6.07) is 3.89. The van der Waals surface area contributed by atoms with Gasteiger partial charge in [0.2, 0.25) is 0 Å². The highest BCUT2D eigenvalue weighted by Crippen LogP contribution is 2.31. The first-order chi connectivity index (χ1) is 9.41. The second-order valence-corrected chi connectivity index (χ2v) is 6.67. The highest BCUT2D eigenvalue weighted by Gasteiger charge is 2.34. The molecular weight excluding hydrogens is 320 g/mol. The average Bonchev–Trinajstić information content (AvgIpc) is 2.36. The van der Waals surface area contributed by atoms with Crippen molar-refractivity contribution in [3.8, 4) is 5.75 Å². The van der Waals surface area contributed by atoms with E-state index in [0.29, 0.717) is 0 Å². The Bertz CT molecular complexity index is 451. The maximum absolute atomic E-state index is 6.04. The maximum Gasteiger partial charge on any atom is 0.171 e. The quantitative estimate of drug-likeness (QED) is 0.786. The van der Waals surface area contributed by atoms with E-state index in [1.807, 2.05) is 32.2 Å². The molecule has 0 saturated carbocycles. The summed E-state index contributed by atoms with van der Waals surface area (Å²) in [6.07, 6.45) is 2.11. The van der Waals surface area contributed by atoms with Crippen molar-refractivity contribution in [2.24, 2.45) is 0 Å². The Morgan fingerprint density at radius 2 is 2.30 bits per heavy atom. The van der Waals surface area contributed by atoms with Crippen molar-refractivity contribution in [3.63, 3.8) is 0 Å². The van der Waals surface area contributed by atoms with Crippen LogP contribution in [-0.4, -0.2) is 41.2 Å². The molecule has 0 radical (unpaired) electrons. The third kappa shape index (κ3) is 3.85. The predicted molar refractivity (Wildman–Crippen MR) is 85.0 cm³/mol. The van der Waals surface area contributed by atoms with Gasteiger partial charge in [-0.2, -0.15) is 0 Å². The van der Waals surface area contributed by atoms with Crippen molar-refractivity contribution in [2.75, 3.05) is 23.3 Å². The fourth-order valence-electron chi connectivity index (χ4n) is 2.50. The lowest BCUT2D eigenvalue weighted by Gasteiger charge is -2.43. The molecule has 0 N–H and O–H groups in total. The molecule has 20 heavy (non-hydrogen) atoms. The highest BCUT2D eigenvalue weighted by atomic mass is 79.9. The van der Waals surface area contributed by atoms with Crippen LogP contribution in [0.25, 0.3) is 0 Å². The van der Waals surface area contributed by atoms with E-state index in [-0.39, 0.29) is 17.8 Å². The van der Waals surface area contributed by atoms with Gasteiger partial charge >= 0.3 is 0 Å². The second-order valence-electron chi connectivity index (χ2n) is 6.03. The van der Waals surface area contributed by atoms with Gasteiger partial charge < -0.3 is 14.4 Å². The van der Waals surface area contributed by atoms with Gasteiger partial charge in [-0.25, -0.2) is 4.98 Å². The van der Waals surface area contributed by atoms with Crippen LogP contribution in [0.15, 0.2) is 18.3 Å². The van der Waals surface area contributed by atoms with Crippen LogP contribution in [0.4, 0.5) is 5.82 Å². The molecule has 1 aliphatic heterocycles. The Hall–Kier alpha value is -0.810. The fraction of sp³-hybridized carbons (Fsp3) is 0.667. The van der Waals surface area contributed by atoms with Gasteiger partial charge in [-0.3, -0.25) is 0 Å². The summed E-state index contributed by atoms with van der Waals surface area (Å²) in [5, 5.41) is 0.820. The standard InChI is InChI=1S/C15H23BrN2O2/c1-11(2)19-13-6-5-7-17-14(13)18-9-12(8-16)20-15(3,4)10-18/h5-7,11-12H,8-10H2,1-4H3. The van der Waals surface area contributed by atoms with Crippen LogP contribution >= 0.6 is 15.9 Å². The number of hydrogen-bond donors (Lipinski definition) is 0. The van der Waals surface area contributed by atoms with E-state index in [4.69, 9.17) is 9.47 Å². The van der Waals surface area contributed by atoms with Crippen molar-refractivity contribution in [2.45, 2.75) is 45.5 Å². The average molecular weight is 343 g/mol. The van der Waals surface area contributed by atoms with Gasteiger partial charge in [-0.05, 0) is 39.8 Å². The monoisotopic (exact) mass is 342 g/mol. The first kappa shape index (κ1) is 15.6. The smallest absolute Gasteiger partial charge is 0.171 e. The van der Waals surface area contributed by atoms with Crippen molar-refractivity contribution >= 4 is 21.7 Å². The van der Waals surface area contributed by atoms with Crippen LogP contribution in [0.2, 0.25) is 0 Å². The normalized spacial score (nSPS) is 22.1. The Morgan fingerprint density at radius 3 is 2.95 bits per heavy atom. The number of pyridine rings is 1. The lowest BCUT2D eigenvalue weighted by atomic mass is 10.1. The molecule has 1 saturated heterocycles. The van der Waals surface area contributed by atoms with Crippen LogP contribution in [0.3, 0.4) is 0 Å². The second kappa shape index (κ2) is 6.31. The topological polar surface area (TPSA) is 34.6 Å². The van der Waals surface area contributed by atoms with E-state index < -0.39 is 0 Å². The minimum absolute atomic E-state index is 0.138. The number of aromatic nitrogens is 1. The highest BCUT2D eigenvalue weighted by molar-refractivity contribution is 9.09. The van der Waals surface area contributed by atoms with Crippen LogP contribution < -0.4 is 9.64 Å². The lowest BCUT2D eigenvalue weighted by Crippen LogP contribution is -2.53. The summed E-state index contributed by atoms with van der Waals surface area (Å²) in [5.41, 5.74) is -0.191. The first-order valence-electron chi connectivity index (χ1n) is 7.01. The van der Waals surface area contributed by atoms with Gasteiger partial charge in [0, 0.05) is 24.6 Å². The Morgan fingerprint density at radius 1 is 1.55 bits per heavy atom. The van der Waals surface area contributed by atoms with Gasteiger partial charge in [0.25, 0.3) is 0 Å². The number of ether oxygens (including phenoxy) is 2. The van der Waals surface area contributed by atoms with Gasteiger partial charge in [-0.1, -0.05) is 15.9 Å². The van der Waals surface area contributed by atoms with E-state index in [9.17, 15) is 0 Å². The third-order valence-corrected chi connectivity index (χ3v) is 3.79. The molecule has 2 heterocycles. The summed E-state index contributed by atoms with van der Waals surface area (Å²) < 4.78 is 11.9. The maximum atomic E-state index is 6.04. The van der Waals surface area contributed by atoms with Crippen molar-refractivity contribution in [3.05, 3.63) is 18.3 Å². The molecule has 5 heteroatoms. The molecule has 0 spiro atoms. The lowest BCUT2D eigenvalue weighted by molar-refractivity contribution is -0.0727. The summed E-state index contributed by atoms with van der Waals surface area (Å²) in [5.74, 6) is 1.75. The zero-order chi connectivity index (χ0) is 14.8. The molecule has 1 aromatic rings. The molecule has 1 unspecified atom stereocenters. The summed E-state index contributed by atoms with van der Waals surface area (Å²) >= 11 is 3.52. The number of hydrogen-bond acceptors (Lipinski definition) is 4. The van der Waals surface area contributed by atoms with E-state index in [1.165, 1.54) is 0 Å². The fourth-order valence-corrected chi connectivity index (χ4v) is 2.84. The van der Waals surface area contributed by atoms with Crippen molar-refractivity contribution in [1.29, 1.82) is 0 Å². The Kier molecular flexibility index (Phi) is 4.91. The van der Waals surface area contributed by atoms with Crippen molar-refractivity contribution < 1.29 is 9.47 Å². The molecule has 4 nitrogen and oxygen atoms in total. The SMILES string of the molecule is CC(C)Oc1cccnc1N1CC(CBr)OC(C)(C)C1. The summed E-state index contributed by atoms with van der Waals surface area (Å²) in [7, 11) is 0. The molecule has 1 fully saturated rings. The number of nitrogens with zero attached hydrogens (tertiary/aromatic N) is 2. The molecular formula is C15H23BrN2O2. The van der Waals surface area contributed by atoms with Crippen LogP contribution in [0, 0.1) is 0 Å². The van der Waals surface area contributed by atoms with Gasteiger partial charge in [-0.15, -0.1) is 0 Å². The zero-order valence-corrected chi connectivity index (χ0v) is 14.2. The predicted octanol–water partition coefficient (Wildman–Crippen LogP) is 3.25. The van der Waals surface area contributed by atoms with E-state index in [1.54, 1.807) is 0 Å². The molecule has 2 rings (SSSR count). The van der Waals surface area contributed by atoms with Crippen LogP contribution in [0.5, 0.6) is 5.75 Å². The van der Waals surface area contributed by atoms with Crippen LogP contribution in [-0.2, 0) is 4.74 Å². The van der Waals surface area contributed by atoms with E-state index >= 15 is 0 Å². The summed E-state index contributed by atoms with van der Waals surface area (Å²) in [4.78, 5) is 6.78. The minimum Gasteiger partial charge on any atom is -0.487 e. The van der Waals surface area contributed by atoms with Crippen molar-refractivity contribution in [1.82, 2.24) is 4.98 Å². The molecule has 1 aromatic heterocycles. The molecule has 1 aliphatic rings. The number of morpholine rings is 1. The summed E-state index contributed by atoms with van der Waals surface area (Å²) in [6.45, 7) is 9.91. The number of anilines is 1. The number of halogens is 1. The van der Waals surface area contributed by atoms with E-state index in [0.717, 1.165) is 30.0 Å². The zero-order valence-electron chi connectivity index (χ0n) is 12.6. The Balaban J connectivity index is 2.25. The first-order valence-corrected chi connectivity index (χ1v) is 8.14. The van der Waals surface area contributed by atoms with E-state index in [2.05, 4.69) is 39.7 Å². The third-order valence-electron chi connectivity index (χ3n) is 3.07. The molecule has 0 bridgehead atoms. The molecule has 112 valence electrons.